The minimum absolute atomic E-state index is 0.296. The first-order chi connectivity index (χ1) is 25.7. The van der Waals surface area contributed by atoms with E-state index < -0.39 is 48.3 Å². The van der Waals surface area contributed by atoms with Crippen molar-refractivity contribution < 1.29 is 13.1 Å². The standard InChI is InChI=1S/C43H55N5O2SSi/c1-26(2)52(27(3)4,28(5)6)22-20-30-13-12-14-33-39(30)36-24-37(47(11)41(33)49)40-45-34-17-15-31(23-35(34)48(36)40)32-16-18-38(44-25-32)43(21-19-29(43)7)46-51(50)42(8,9)10/h12-18,23,25-29,36-37,46H,19,21,24H2,1-11H3/t29?,36-,37-,43?,51?/m1/s1/i11D3. The topological polar surface area (TPSA) is 80.1 Å². The lowest BCUT2D eigenvalue weighted by molar-refractivity contribution is 0.0734. The zero-order valence-corrected chi connectivity index (χ0v) is 34.1. The smallest absolute Gasteiger partial charge is 0.254 e. The summed E-state index contributed by atoms with van der Waals surface area (Å²) in [7, 11) is -3.36. The van der Waals surface area contributed by atoms with Gasteiger partial charge in [-0.2, -0.15) is 0 Å². The van der Waals surface area contributed by atoms with Crippen molar-refractivity contribution in [3.63, 3.8) is 0 Å². The van der Waals surface area contributed by atoms with Gasteiger partial charge in [0.05, 0.1) is 50.1 Å². The maximum atomic E-state index is 14.3. The fraction of sp³-hybridized carbons (Fsp3) is 0.512. The second-order valence-electron chi connectivity index (χ2n) is 17.2. The predicted octanol–water partition coefficient (Wildman–Crippen LogP) is 9.46. The number of hydrogen-bond donors (Lipinski definition) is 1. The van der Waals surface area contributed by atoms with Gasteiger partial charge < -0.3 is 9.47 Å². The summed E-state index contributed by atoms with van der Waals surface area (Å²) < 4.78 is 44.1. The monoisotopic (exact) mass is 736 g/mol. The molecule has 2 bridgehead atoms. The zero-order chi connectivity index (χ0) is 40.0. The van der Waals surface area contributed by atoms with Crippen LogP contribution in [0.5, 0.6) is 0 Å². The largest absolute Gasteiger partial charge is 0.331 e. The zero-order valence-electron chi connectivity index (χ0n) is 35.3. The van der Waals surface area contributed by atoms with E-state index in [1.807, 2.05) is 51.2 Å². The van der Waals surface area contributed by atoms with Crippen LogP contribution in [0, 0.1) is 17.4 Å². The van der Waals surface area contributed by atoms with Crippen molar-refractivity contribution >= 4 is 36.0 Å². The lowest BCUT2D eigenvalue weighted by Crippen LogP contribution is -2.57. The molecule has 1 aliphatic carbocycles. The minimum Gasteiger partial charge on any atom is -0.331 e. The second-order valence-corrected chi connectivity index (χ2v) is 24.8. The average molecular weight is 737 g/mol. The van der Waals surface area contributed by atoms with Crippen LogP contribution in [0.15, 0.2) is 54.7 Å². The third-order valence-electron chi connectivity index (χ3n) is 12.5. The molecule has 4 heterocycles. The van der Waals surface area contributed by atoms with Gasteiger partial charge in [0.2, 0.25) is 0 Å². The molecule has 9 heteroatoms. The molecular weight excluding hydrogens is 679 g/mol. The first kappa shape index (κ1) is 33.0. The van der Waals surface area contributed by atoms with Gasteiger partial charge in [-0.05, 0) is 92.0 Å². The third-order valence-corrected chi connectivity index (χ3v) is 20.4. The molecule has 52 heavy (non-hydrogen) atoms. The predicted molar refractivity (Wildman–Crippen MR) is 216 cm³/mol. The Morgan fingerprint density at radius 1 is 1.02 bits per heavy atom. The molecular formula is C43H55N5O2SSi. The molecule has 1 amide bonds. The van der Waals surface area contributed by atoms with E-state index in [2.05, 4.69) is 87.4 Å². The number of nitrogens with one attached hydrogen (secondary N) is 1. The van der Waals surface area contributed by atoms with Gasteiger partial charge in [0.25, 0.3) is 5.91 Å². The summed E-state index contributed by atoms with van der Waals surface area (Å²) in [6, 6.07) is 14.8. The maximum Gasteiger partial charge on any atom is 0.254 e. The summed E-state index contributed by atoms with van der Waals surface area (Å²) in [5.41, 5.74) is 11.1. The summed E-state index contributed by atoms with van der Waals surface area (Å²) in [4.78, 5) is 25.4. The highest BCUT2D eigenvalue weighted by Crippen LogP contribution is 2.50. The van der Waals surface area contributed by atoms with Gasteiger partial charge in [-0.3, -0.25) is 9.78 Å². The van der Waals surface area contributed by atoms with Crippen LogP contribution in [0.4, 0.5) is 0 Å². The summed E-state index contributed by atoms with van der Waals surface area (Å²) in [5.74, 6) is 4.01. The number of amides is 1. The normalized spacial score (nSPS) is 24.5. The molecule has 0 saturated heterocycles. The molecule has 1 N–H and O–H groups in total. The molecule has 5 atom stereocenters. The summed E-state index contributed by atoms with van der Waals surface area (Å²) >= 11 is 0. The van der Waals surface area contributed by atoms with Gasteiger partial charge in [0.1, 0.15) is 13.9 Å². The molecule has 0 radical (unpaired) electrons. The molecule has 0 spiro atoms. The molecule has 7 nitrogen and oxygen atoms in total. The lowest BCUT2D eigenvalue weighted by Gasteiger charge is -2.48. The number of pyridine rings is 1. The second kappa shape index (κ2) is 13.1. The Bertz CT molecular complexity index is 2230. The lowest BCUT2D eigenvalue weighted by atomic mass is 9.66. The number of rotatable bonds is 7. The summed E-state index contributed by atoms with van der Waals surface area (Å²) in [6.07, 6.45) is 4.21. The van der Waals surface area contributed by atoms with Gasteiger partial charge in [0, 0.05) is 46.0 Å². The average Bonchev–Trinajstić information content (AvgIpc) is 3.61. The molecule has 1 fully saturated rings. The van der Waals surface area contributed by atoms with E-state index in [1.54, 1.807) is 6.07 Å². The molecule has 7 rings (SSSR count). The minimum atomic E-state index is -2.67. The van der Waals surface area contributed by atoms with Crippen LogP contribution in [-0.2, 0) is 16.5 Å². The third kappa shape index (κ3) is 5.63. The molecule has 2 aromatic heterocycles. The molecule has 2 aromatic carbocycles. The van der Waals surface area contributed by atoms with Crippen LogP contribution in [-0.4, -0.2) is 49.3 Å². The van der Waals surface area contributed by atoms with Crippen molar-refractivity contribution in [2.45, 2.75) is 127 Å². The maximum absolute atomic E-state index is 14.3. The fourth-order valence-electron chi connectivity index (χ4n) is 9.30. The molecule has 4 aromatic rings. The Balaban J connectivity index is 1.35. The van der Waals surface area contributed by atoms with Gasteiger partial charge in [0.15, 0.2) is 0 Å². The van der Waals surface area contributed by atoms with Gasteiger partial charge in [-0.15, -0.1) is 5.54 Å². The van der Waals surface area contributed by atoms with Crippen LogP contribution in [0.2, 0.25) is 16.6 Å². The van der Waals surface area contributed by atoms with E-state index in [0.29, 0.717) is 40.4 Å². The van der Waals surface area contributed by atoms with Crippen molar-refractivity contribution in [3.05, 3.63) is 82.9 Å². The first-order valence-corrected chi connectivity index (χ1v) is 22.3. The molecule has 3 unspecified atom stereocenters. The molecule has 3 aliphatic rings. The first-order valence-electron chi connectivity index (χ1n) is 20.4. The summed E-state index contributed by atoms with van der Waals surface area (Å²) in [6.45, 7) is 19.2. The van der Waals surface area contributed by atoms with Crippen molar-refractivity contribution in [2.24, 2.45) is 5.92 Å². The van der Waals surface area contributed by atoms with Crippen LogP contribution < -0.4 is 4.72 Å². The summed E-state index contributed by atoms with van der Waals surface area (Å²) in [5, 5.41) is 0. The number of imidazole rings is 1. The Hall–Kier alpha value is -3.58. The van der Waals surface area contributed by atoms with Crippen molar-refractivity contribution in [2.75, 3.05) is 6.98 Å². The molecule has 274 valence electrons. The highest BCUT2D eigenvalue weighted by atomic mass is 32.2. The van der Waals surface area contributed by atoms with E-state index in [-0.39, 0.29) is 6.04 Å². The van der Waals surface area contributed by atoms with Gasteiger partial charge in [-0.1, -0.05) is 72.6 Å². The highest BCUT2D eigenvalue weighted by Gasteiger charge is 2.49. The van der Waals surface area contributed by atoms with E-state index in [4.69, 9.17) is 14.1 Å². The number of nitrogens with zero attached hydrogens (tertiary/aromatic N) is 4. The number of aromatic nitrogens is 3. The van der Waals surface area contributed by atoms with E-state index in [0.717, 1.165) is 56.7 Å². The number of benzene rings is 2. The van der Waals surface area contributed by atoms with E-state index in [9.17, 15) is 9.00 Å². The van der Waals surface area contributed by atoms with Crippen LogP contribution >= 0.6 is 0 Å². The van der Waals surface area contributed by atoms with Crippen LogP contribution in [0.25, 0.3) is 22.2 Å². The van der Waals surface area contributed by atoms with Crippen LogP contribution in [0.3, 0.4) is 0 Å². The Morgan fingerprint density at radius 2 is 1.73 bits per heavy atom. The van der Waals surface area contributed by atoms with Gasteiger partial charge >= 0.3 is 0 Å². The Labute approximate surface area is 318 Å². The fourth-order valence-corrected chi connectivity index (χ4v) is 15.6. The van der Waals surface area contributed by atoms with Crippen molar-refractivity contribution in [3.8, 4) is 22.6 Å². The highest BCUT2D eigenvalue weighted by molar-refractivity contribution is 7.84. The van der Waals surface area contributed by atoms with Crippen molar-refractivity contribution in [1.29, 1.82) is 0 Å². The van der Waals surface area contributed by atoms with Crippen LogP contribution in [0.1, 0.15) is 138 Å². The molecule has 2 aliphatic heterocycles. The van der Waals surface area contributed by atoms with Crippen molar-refractivity contribution in [1.82, 2.24) is 24.2 Å². The number of hydrogen-bond acceptors (Lipinski definition) is 4. The number of carbonyl (C=O) groups excluding carboxylic acids is 1. The van der Waals surface area contributed by atoms with E-state index in [1.165, 1.54) is 0 Å². The molecule has 1 saturated carbocycles. The SMILES string of the molecule is [2H]C([2H])([2H])N1C(=O)c2cccc(C#C[Si](C(C)C)(C(C)C)C(C)C)c2[C@H]2C[C@@H]1c1nc3ccc(-c4ccc(C5(NS(=O)C(C)(C)C)CCC5C)nc4)cc3n12. The quantitative estimate of drug-likeness (QED) is 0.152. The van der Waals surface area contributed by atoms with E-state index >= 15 is 0 Å². The van der Waals surface area contributed by atoms with Gasteiger partial charge in [-0.25, -0.2) is 13.9 Å². The number of fused-ring (bicyclic) bond motifs is 9. The Kier molecular flexibility index (Phi) is 8.30. The number of carbonyl (C=O) groups is 1. The Morgan fingerprint density at radius 3 is 2.31 bits per heavy atom.